The number of halogens is 2. The summed E-state index contributed by atoms with van der Waals surface area (Å²) in [6.07, 6.45) is 0. The number of benzene rings is 1. The Balaban J connectivity index is 3.20. The average molecular weight is 215 g/mol. The molecule has 0 fully saturated rings. The van der Waals surface area contributed by atoms with Crippen molar-refractivity contribution in [3.63, 3.8) is 0 Å². The van der Waals surface area contributed by atoms with Gasteiger partial charge >= 0.3 is 0 Å². The second kappa shape index (κ2) is 3.18. The molecule has 2 heteroatoms. The Morgan fingerprint density at radius 3 is 2.64 bits per heavy atom. The first kappa shape index (κ1) is 8.47. The van der Waals surface area contributed by atoms with Crippen molar-refractivity contribution in [3.05, 3.63) is 40.6 Å². The van der Waals surface area contributed by atoms with Crippen LogP contribution in [0.3, 0.4) is 0 Å². The Labute approximate surface area is 73.9 Å². The van der Waals surface area contributed by atoms with Crippen molar-refractivity contribution in [2.45, 2.75) is 6.92 Å². The molecular formula is C9H8BrF. The molecule has 0 saturated carbocycles. The zero-order valence-corrected chi connectivity index (χ0v) is 7.78. The third-order valence-electron chi connectivity index (χ3n) is 1.39. The van der Waals surface area contributed by atoms with E-state index in [9.17, 15) is 4.39 Å². The molecule has 0 amide bonds. The van der Waals surface area contributed by atoms with E-state index in [-0.39, 0.29) is 5.82 Å². The van der Waals surface area contributed by atoms with Gasteiger partial charge in [0, 0.05) is 10.0 Å². The standard InChI is InChI=1S/C9H8BrF/c1-6(2)8-4-3-7(10)5-9(8)11/h3-5H,1H2,2H3. The van der Waals surface area contributed by atoms with Gasteiger partial charge in [0.2, 0.25) is 0 Å². The summed E-state index contributed by atoms with van der Waals surface area (Å²) >= 11 is 3.18. The molecule has 11 heavy (non-hydrogen) atoms. The summed E-state index contributed by atoms with van der Waals surface area (Å²) in [7, 11) is 0. The first-order valence-corrected chi connectivity index (χ1v) is 4.01. The predicted octanol–water partition coefficient (Wildman–Crippen LogP) is 3.62. The minimum absolute atomic E-state index is 0.230. The van der Waals surface area contributed by atoms with Crippen LogP contribution in [-0.2, 0) is 0 Å². The van der Waals surface area contributed by atoms with Crippen LogP contribution in [0.1, 0.15) is 12.5 Å². The van der Waals surface area contributed by atoms with Gasteiger partial charge in [-0.2, -0.15) is 0 Å². The summed E-state index contributed by atoms with van der Waals surface area (Å²) in [5.41, 5.74) is 1.32. The van der Waals surface area contributed by atoms with Gasteiger partial charge in [0.1, 0.15) is 5.82 Å². The van der Waals surface area contributed by atoms with Gasteiger partial charge in [-0.3, -0.25) is 0 Å². The molecule has 0 nitrogen and oxygen atoms in total. The fraction of sp³-hybridized carbons (Fsp3) is 0.111. The summed E-state index contributed by atoms with van der Waals surface area (Å²) < 4.78 is 13.8. The van der Waals surface area contributed by atoms with Gasteiger partial charge < -0.3 is 0 Å². The quantitative estimate of drug-likeness (QED) is 0.671. The Kier molecular flexibility index (Phi) is 2.45. The molecule has 0 aliphatic rings. The molecule has 0 aromatic heterocycles. The molecule has 1 aromatic rings. The van der Waals surface area contributed by atoms with Crippen LogP contribution in [0, 0.1) is 5.82 Å². The van der Waals surface area contributed by atoms with Crippen LogP contribution in [-0.4, -0.2) is 0 Å². The van der Waals surface area contributed by atoms with Crippen LogP contribution >= 0.6 is 15.9 Å². The van der Waals surface area contributed by atoms with Crippen LogP contribution in [0.25, 0.3) is 5.57 Å². The Bertz CT molecular complexity index is 292. The first-order valence-electron chi connectivity index (χ1n) is 3.22. The number of hydrogen-bond acceptors (Lipinski definition) is 0. The molecule has 0 unspecified atom stereocenters. The van der Waals surface area contributed by atoms with Gasteiger partial charge in [-0.15, -0.1) is 0 Å². The maximum atomic E-state index is 13.0. The summed E-state index contributed by atoms with van der Waals surface area (Å²) in [6, 6.07) is 4.94. The molecule has 0 N–H and O–H groups in total. The van der Waals surface area contributed by atoms with Gasteiger partial charge in [0.15, 0.2) is 0 Å². The lowest BCUT2D eigenvalue weighted by molar-refractivity contribution is 0.623. The molecule has 1 aromatic carbocycles. The van der Waals surface area contributed by atoms with Crippen LogP contribution in [0.2, 0.25) is 0 Å². The van der Waals surface area contributed by atoms with E-state index in [2.05, 4.69) is 22.5 Å². The second-order valence-electron chi connectivity index (χ2n) is 2.40. The molecule has 0 saturated heterocycles. The SMILES string of the molecule is C=C(C)c1ccc(Br)cc1F. The Morgan fingerprint density at radius 1 is 1.55 bits per heavy atom. The van der Waals surface area contributed by atoms with Crippen LogP contribution in [0.5, 0.6) is 0 Å². The van der Waals surface area contributed by atoms with E-state index in [1.54, 1.807) is 19.1 Å². The van der Waals surface area contributed by atoms with Gasteiger partial charge in [0.05, 0.1) is 0 Å². The minimum Gasteiger partial charge on any atom is -0.206 e. The smallest absolute Gasteiger partial charge is 0.131 e. The van der Waals surface area contributed by atoms with Gasteiger partial charge in [-0.05, 0) is 24.6 Å². The van der Waals surface area contributed by atoms with E-state index in [1.807, 2.05) is 0 Å². The Hall–Kier alpha value is -0.630. The molecule has 0 bridgehead atoms. The highest BCUT2D eigenvalue weighted by Gasteiger charge is 2.01. The fourth-order valence-corrected chi connectivity index (χ4v) is 1.17. The number of rotatable bonds is 1. The molecule has 0 aliphatic heterocycles. The summed E-state index contributed by atoms with van der Waals surface area (Å²) in [6.45, 7) is 5.44. The lowest BCUT2D eigenvalue weighted by Gasteiger charge is -2.00. The van der Waals surface area contributed by atoms with E-state index < -0.39 is 0 Å². The van der Waals surface area contributed by atoms with Crippen LogP contribution in [0.15, 0.2) is 29.3 Å². The van der Waals surface area contributed by atoms with Gasteiger partial charge in [0.25, 0.3) is 0 Å². The minimum atomic E-state index is -0.230. The maximum Gasteiger partial charge on any atom is 0.131 e. The van der Waals surface area contributed by atoms with Crippen molar-refractivity contribution in [1.82, 2.24) is 0 Å². The Morgan fingerprint density at radius 2 is 2.18 bits per heavy atom. The normalized spacial score (nSPS) is 9.73. The van der Waals surface area contributed by atoms with Gasteiger partial charge in [-0.25, -0.2) is 4.39 Å². The monoisotopic (exact) mass is 214 g/mol. The molecular weight excluding hydrogens is 207 g/mol. The van der Waals surface area contributed by atoms with E-state index in [1.165, 1.54) is 6.07 Å². The largest absolute Gasteiger partial charge is 0.206 e. The van der Waals surface area contributed by atoms with Crippen LogP contribution in [0.4, 0.5) is 4.39 Å². The van der Waals surface area contributed by atoms with Crippen molar-refractivity contribution in [1.29, 1.82) is 0 Å². The summed E-state index contributed by atoms with van der Waals surface area (Å²) in [5, 5.41) is 0. The third kappa shape index (κ3) is 1.90. The molecule has 58 valence electrons. The zero-order valence-electron chi connectivity index (χ0n) is 6.20. The van der Waals surface area contributed by atoms with E-state index >= 15 is 0 Å². The van der Waals surface area contributed by atoms with Crippen molar-refractivity contribution < 1.29 is 4.39 Å². The molecule has 0 spiro atoms. The maximum absolute atomic E-state index is 13.0. The van der Waals surface area contributed by atoms with Gasteiger partial charge in [-0.1, -0.05) is 28.6 Å². The second-order valence-corrected chi connectivity index (χ2v) is 3.32. The average Bonchev–Trinajstić information content (AvgIpc) is 1.85. The zero-order chi connectivity index (χ0) is 8.43. The summed E-state index contributed by atoms with van der Waals surface area (Å²) in [5.74, 6) is -0.230. The van der Waals surface area contributed by atoms with Crippen LogP contribution < -0.4 is 0 Å². The van der Waals surface area contributed by atoms with E-state index in [4.69, 9.17) is 0 Å². The first-order chi connectivity index (χ1) is 5.11. The topological polar surface area (TPSA) is 0 Å². The van der Waals surface area contributed by atoms with Crippen molar-refractivity contribution >= 4 is 21.5 Å². The van der Waals surface area contributed by atoms with Crippen molar-refractivity contribution in [2.24, 2.45) is 0 Å². The highest BCUT2D eigenvalue weighted by Crippen LogP contribution is 2.19. The predicted molar refractivity (Wildman–Crippen MR) is 48.8 cm³/mol. The highest BCUT2D eigenvalue weighted by atomic mass is 79.9. The number of hydrogen-bond donors (Lipinski definition) is 0. The fourth-order valence-electron chi connectivity index (χ4n) is 0.836. The third-order valence-corrected chi connectivity index (χ3v) is 1.88. The summed E-state index contributed by atoms with van der Waals surface area (Å²) in [4.78, 5) is 0. The van der Waals surface area contributed by atoms with Crippen molar-refractivity contribution in [2.75, 3.05) is 0 Å². The van der Waals surface area contributed by atoms with E-state index in [0.29, 0.717) is 5.56 Å². The molecule has 1 rings (SSSR count). The molecule has 0 aliphatic carbocycles. The molecule has 0 heterocycles. The number of allylic oxidation sites excluding steroid dienone is 1. The van der Waals surface area contributed by atoms with E-state index in [0.717, 1.165) is 10.0 Å². The lowest BCUT2D eigenvalue weighted by Crippen LogP contribution is -1.84. The van der Waals surface area contributed by atoms with Crippen molar-refractivity contribution in [3.8, 4) is 0 Å². The highest BCUT2D eigenvalue weighted by molar-refractivity contribution is 9.10. The lowest BCUT2D eigenvalue weighted by atomic mass is 10.1. The molecule has 0 radical (unpaired) electrons. The molecule has 0 atom stereocenters.